The maximum atomic E-state index is 12.5. The van der Waals surface area contributed by atoms with E-state index >= 15 is 0 Å². The third-order valence-electron chi connectivity index (χ3n) is 17.2. The summed E-state index contributed by atoms with van der Waals surface area (Å²) in [5.41, 5.74) is 0. The summed E-state index contributed by atoms with van der Waals surface area (Å²) >= 11 is 0. The van der Waals surface area contributed by atoms with Gasteiger partial charge in [-0.1, -0.05) is 372 Å². The fourth-order valence-corrected chi connectivity index (χ4v) is 11.7. The lowest BCUT2D eigenvalue weighted by molar-refractivity contribution is -0.143. The predicted molar refractivity (Wildman–Crippen MR) is 352 cm³/mol. The first-order valence-electron chi connectivity index (χ1n) is 36.6. The molecular weight excluding hydrogens is 983 g/mol. The van der Waals surface area contributed by atoms with Crippen LogP contribution in [0.15, 0.2) is 24.3 Å². The summed E-state index contributed by atoms with van der Waals surface area (Å²) in [6.45, 7) is 4.92. The highest BCUT2D eigenvalue weighted by Gasteiger charge is 2.20. The minimum Gasteiger partial charge on any atom is -0.466 e. The monoisotopic (exact) mass is 1130 g/mol. The fraction of sp³-hybridized carbons (Fsp3) is 0.919. The second kappa shape index (κ2) is 69.8. The van der Waals surface area contributed by atoms with E-state index in [0.29, 0.717) is 25.9 Å². The minimum absolute atomic E-state index is 0.00769. The van der Waals surface area contributed by atoms with E-state index < -0.39 is 12.1 Å². The smallest absolute Gasteiger partial charge is 0.305 e. The Bertz CT molecular complexity index is 1250. The summed E-state index contributed by atoms with van der Waals surface area (Å²) in [5.74, 6) is -0.0188. The molecule has 6 nitrogen and oxygen atoms in total. The summed E-state index contributed by atoms with van der Waals surface area (Å²) in [7, 11) is 0. The van der Waals surface area contributed by atoms with Crippen molar-refractivity contribution in [3.8, 4) is 0 Å². The third kappa shape index (κ3) is 65.5. The number of rotatable bonds is 69. The lowest BCUT2D eigenvalue weighted by Gasteiger charge is -2.22. The lowest BCUT2D eigenvalue weighted by Crippen LogP contribution is -2.45. The van der Waals surface area contributed by atoms with Crippen molar-refractivity contribution in [3.63, 3.8) is 0 Å². The molecular formula is C74H143NO5. The van der Waals surface area contributed by atoms with Crippen molar-refractivity contribution in [1.82, 2.24) is 5.32 Å². The first kappa shape index (κ1) is 78.3. The highest BCUT2D eigenvalue weighted by atomic mass is 16.5. The van der Waals surface area contributed by atoms with Crippen molar-refractivity contribution in [1.29, 1.82) is 0 Å². The van der Waals surface area contributed by atoms with E-state index in [0.717, 1.165) is 51.4 Å². The molecule has 0 aliphatic rings. The van der Waals surface area contributed by atoms with Gasteiger partial charge in [0.05, 0.1) is 25.4 Å². The molecule has 0 saturated carbocycles. The molecule has 0 aromatic rings. The van der Waals surface area contributed by atoms with Crippen LogP contribution in [0.25, 0.3) is 0 Å². The Morgan fingerprint density at radius 1 is 0.350 bits per heavy atom. The summed E-state index contributed by atoms with van der Waals surface area (Å²) in [4.78, 5) is 24.6. The molecule has 0 aliphatic heterocycles. The van der Waals surface area contributed by atoms with E-state index in [1.807, 2.05) is 0 Å². The molecule has 0 bridgehead atoms. The molecule has 0 heterocycles. The normalized spacial score (nSPS) is 12.6. The summed E-state index contributed by atoms with van der Waals surface area (Å²) in [6, 6.07) is -0.537. The Balaban J connectivity index is 3.30. The minimum atomic E-state index is -0.660. The molecule has 0 radical (unpaired) electrons. The topological polar surface area (TPSA) is 95.9 Å². The number of aliphatic hydroxyl groups excluding tert-OH is 2. The molecule has 0 saturated heterocycles. The van der Waals surface area contributed by atoms with Gasteiger partial charge < -0.3 is 20.3 Å². The molecule has 0 aliphatic carbocycles. The van der Waals surface area contributed by atoms with E-state index in [2.05, 4.69) is 43.5 Å². The number of carbonyl (C=O) groups excluding carboxylic acids is 2. The molecule has 80 heavy (non-hydrogen) atoms. The maximum Gasteiger partial charge on any atom is 0.305 e. The first-order valence-corrected chi connectivity index (χ1v) is 36.6. The SMILES string of the molecule is CCC/C=C\C/C=C\CCCCCCCC(=O)OCCCCCCCCCCCCCCCCCCCCCCCCCCCCCCCCCCCCCC(=O)NC(CO)C(O)CCCCCCCCCCCCCCCCC. The summed E-state index contributed by atoms with van der Waals surface area (Å²) in [5, 5.41) is 23.3. The lowest BCUT2D eigenvalue weighted by atomic mass is 10.0. The van der Waals surface area contributed by atoms with E-state index in [-0.39, 0.29) is 18.5 Å². The second-order valence-corrected chi connectivity index (χ2v) is 25.3. The zero-order chi connectivity index (χ0) is 57.8. The van der Waals surface area contributed by atoms with Gasteiger partial charge in [-0.3, -0.25) is 9.59 Å². The number of unbranched alkanes of at least 4 members (excludes halogenated alkanes) is 54. The fourth-order valence-electron chi connectivity index (χ4n) is 11.7. The van der Waals surface area contributed by atoms with Gasteiger partial charge in [-0.05, 0) is 51.4 Å². The van der Waals surface area contributed by atoms with Crippen molar-refractivity contribution in [2.75, 3.05) is 13.2 Å². The van der Waals surface area contributed by atoms with Gasteiger partial charge in [0.15, 0.2) is 0 Å². The number of carbonyl (C=O) groups is 2. The van der Waals surface area contributed by atoms with Gasteiger partial charge in [0.2, 0.25) is 5.91 Å². The molecule has 0 fully saturated rings. The van der Waals surface area contributed by atoms with Crippen LogP contribution in [0.3, 0.4) is 0 Å². The van der Waals surface area contributed by atoms with Crippen molar-refractivity contribution in [3.05, 3.63) is 24.3 Å². The molecule has 1 amide bonds. The molecule has 2 unspecified atom stereocenters. The van der Waals surface area contributed by atoms with Gasteiger partial charge in [0, 0.05) is 12.8 Å². The standard InChI is InChI=1S/C74H143NO5/c1-3-5-7-9-11-13-15-17-39-43-46-50-54-58-62-66-72(77)71(70-76)75-73(78)67-63-59-55-51-47-44-40-37-35-33-31-29-27-25-23-21-19-18-20-22-24-26-28-30-32-34-36-38-41-45-49-53-57-61-65-69-80-74(79)68-64-60-56-52-48-42-16-14-12-10-8-6-4-2/h8,10,14,16,71-72,76-77H,3-7,9,11-13,15,17-70H2,1-2H3,(H,75,78)/b10-8-,16-14-. The first-order chi connectivity index (χ1) is 39.5. The Kier molecular flexibility index (Phi) is 68.4. The molecule has 0 aromatic heterocycles. The Morgan fingerprint density at radius 2 is 0.650 bits per heavy atom. The van der Waals surface area contributed by atoms with E-state index in [9.17, 15) is 19.8 Å². The van der Waals surface area contributed by atoms with Crippen LogP contribution in [-0.2, 0) is 14.3 Å². The number of ether oxygens (including phenoxy) is 1. The highest BCUT2D eigenvalue weighted by Crippen LogP contribution is 2.20. The number of allylic oxidation sites excluding steroid dienone is 4. The highest BCUT2D eigenvalue weighted by molar-refractivity contribution is 5.76. The quantitative estimate of drug-likeness (QED) is 0.0320. The van der Waals surface area contributed by atoms with Gasteiger partial charge in [-0.15, -0.1) is 0 Å². The average molecular weight is 1130 g/mol. The predicted octanol–water partition coefficient (Wildman–Crippen LogP) is 23.7. The van der Waals surface area contributed by atoms with Crippen LogP contribution < -0.4 is 5.32 Å². The van der Waals surface area contributed by atoms with Crippen molar-refractivity contribution < 1.29 is 24.5 Å². The number of nitrogens with one attached hydrogen (secondary N) is 1. The van der Waals surface area contributed by atoms with Crippen LogP contribution in [0.1, 0.15) is 412 Å². The Hall–Kier alpha value is -1.66. The van der Waals surface area contributed by atoms with E-state index in [1.54, 1.807) is 0 Å². The van der Waals surface area contributed by atoms with Gasteiger partial charge in [-0.2, -0.15) is 0 Å². The number of amides is 1. The average Bonchev–Trinajstić information content (AvgIpc) is 3.46. The van der Waals surface area contributed by atoms with Crippen molar-refractivity contribution >= 4 is 11.9 Å². The zero-order valence-corrected chi connectivity index (χ0v) is 54.3. The van der Waals surface area contributed by atoms with Gasteiger partial charge in [0.1, 0.15) is 0 Å². The third-order valence-corrected chi connectivity index (χ3v) is 17.2. The Labute approximate surface area is 501 Å². The summed E-state index contributed by atoms with van der Waals surface area (Å²) < 4.78 is 5.48. The molecule has 6 heteroatoms. The van der Waals surface area contributed by atoms with E-state index in [4.69, 9.17) is 4.74 Å². The second-order valence-electron chi connectivity index (χ2n) is 25.3. The maximum absolute atomic E-state index is 12.5. The van der Waals surface area contributed by atoms with Gasteiger partial charge in [-0.25, -0.2) is 0 Å². The van der Waals surface area contributed by atoms with Crippen LogP contribution in [-0.4, -0.2) is 47.4 Å². The molecule has 0 rings (SSSR count). The molecule has 0 aromatic carbocycles. The van der Waals surface area contributed by atoms with Crippen LogP contribution >= 0.6 is 0 Å². The van der Waals surface area contributed by atoms with Crippen LogP contribution in [0.2, 0.25) is 0 Å². The number of esters is 1. The van der Waals surface area contributed by atoms with Crippen LogP contribution in [0.5, 0.6) is 0 Å². The molecule has 0 spiro atoms. The van der Waals surface area contributed by atoms with Crippen LogP contribution in [0, 0.1) is 0 Å². The van der Waals surface area contributed by atoms with E-state index in [1.165, 1.54) is 327 Å². The molecule has 3 N–H and O–H groups in total. The Morgan fingerprint density at radius 3 is 1.00 bits per heavy atom. The summed E-state index contributed by atoms with van der Waals surface area (Å²) in [6.07, 6.45) is 88.3. The molecule has 2 atom stereocenters. The van der Waals surface area contributed by atoms with Crippen molar-refractivity contribution in [2.24, 2.45) is 0 Å². The zero-order valence-electron chi connectivity index (χ0n) is 54.3. The number of aliphatic hydroxyl groups is 2. The van der Waals surface area contributed by atoms with Crippen molar-refractivity contribution in [2.45, 2.75) is 424 Å². The van der Waals surface area contributed by atoms with Gasteiger partial charge in [0.25, 0.3) is 0 Å². The number of hydrogen-bond donors (Lipinski definition) is 3. The van der Waals surface area contributed by atoms with Gasteiger partial charge >= 0.3 is 5.97 Å². The molecule has 474 valence electrons. The largest absolute Gasteiger partial charge is 0.466 e. The number of hydrogen-bond acceptors (Lipinski definition) is 5. The van der Waals surface area contributed by atoms with Crippen LogP contribution in [0.4, 0.5) is 0 Å².